The molecule has 0 saturated carbocycles. The highest BCUT2D eigenvalue weighted by Gasteiger charge is 1.94. The first kappa shape index (κ1) is 11.8. The highest BCUT2D eigenvalue weighted by Crippen LogP contribution is 2.10. The Morgan fingerprint density at radius 2 is 2.13 bits per heavy atom. The fraction of sp³-hybridized carbons (Fsp3) is 0.545. The van der Waals surface area contributed by atoms with Crippen LogP contribution >= 0.6 is 0 Å². The highest BCUT2D eigenvalue weighted by atomic mass is 16.5. The smallest absolute Gasteiger partial charge is 0.213 e. The van der Waals surface area contributed by atoms with Gasteiger partial charge in [-0.2, -0.15) is 0 Å². The van der Waals surface area contributed by atoms with Gasteiger partial charge in [0.1, 0.15) is 0 Å². The molecule has 0 aliphatic heterocycles. The molecular weight excluding hydrogens is 192 g/mol. The molecule has 0 fully saturated rings. The van der Waals surface area contributed by atoms with E-state index in [1.54, 1.807) is 20.4 Å². The van der Waals surface area contributed by atoms with Crippen molar-refractivity contribution in [3.05, 3.63) is 18.3 Å². The second kappa shape index (κ2) is 7.06. The van der Waals surface area contributed by atoms with Crippen LogP contribution in [0.1, 0.15) is 12.8 Å². The topological polar surface area (TPSA) is 43.4 Å². The molecule has 84 valence electrons. The van der Waals surface area contributed by atoms with Crippen LogP contribution in [0.2, 0.25) is 0 Å². The monoisotopic (exact) mass is 210 g/mol. The molecule has 0 aliphatic carbocycles. The Bertz CT molecular complexity index is 262. The predicted octanol–water partition coefficient (Wildman–Crippen LogP) is 1.93. The second-order valence-corrected chi connectivity index (χ2v) is 3.22. The van der Waals surface area contributed by atoms with Crippen LogP contribution in [0, 0.1) is 0 Å². The Hall–Kier alpha value is -1.29. The summed E-state index contributed by atoms with van der Waals surface area (Å²) in [5, 5.41) is 3.28. The van der Waals surface area contributed by atoms with Crippen molar-refractivity contribution in [2.24, 2.45) is 0 Å². The van der Waals surface area contributed by atoms with Gasteiger partial charge in [0.25, 0.3) is 0 Å². The molecule has 4 nitrogen and oxygen atoms in total. The summed E-state index contributed by atoms with van der Waals surface area (Å²) < 4.78 is 9.94. The van der Waals surface area contributed by atoms with Gasteiger partial charge in [0.05, 0.1) is 19.0 Å². The Morgan fingerprint density at radius 3 is 2.73 bits per heavy atom. The molecule has 1 N–H and O–H groups in total. The number of hydrogen-bond acceptors (Lipinski definition) is 4. The summed E-state index contributed by atoms with van der Waals surface area (Å²) in [6.07, 6.45) is 3.95. The van der Waals surface area contributed by atoms with E-state index in [-0.39, 0.29) is 0 Å². The van der Waals surface area contributed by atoms with Crippen LogP contribution in [0.3, 0.4) is 0 Å². The molecule has 0 amide bonds. The molecule has 0 bridgehead atoms. The van der Waals surface area contributed by atoms with Gasteiger partial charge in [0.2, 0.25) is 5.88 Å². The quantitative estimate of drug-likeness (QED) is 0.698. The van der Waals surface area contributed by atoms with E-state index < -0.39 is 0 Å². The lowest BCUT2D eigenvalue weighted by atomic mass is 10.3. The van der Waals surface area contributed by atoms with Gasteiger partial charge in [-0.3, -0.25) is 0 Å². The molecule has 0 saturated heterocycles. The van der Waals surface area contributed by atoms with Gasteiger partial charge in [0.15, 0.2) is 0 Å². The fourth-order valence-electron chi connectivity index (χ4n) is 1.21. The van der Waals surface area contributed by atoms with Gasteiger partial charge in [-0.05, 0) is 18.9 Å². The average molecular weight is 210 g/mol. The number of pyridine rings is 1. The number of ether oxygens (including phenoxy) is 2. The number of methoxy groups -OCH3 is 2. The number of anilines is 1. The number of nitrogens with one attached hydrogen (secondary N) is 1. The molecular formula is C11H18N2O2. The summed E-state index contributed by atoms with van der Waals surface area (Å²) in [6, 6.07) is 3.81. The zero-order valence-electron chi connectivity index (χ0n) is 9.32. The number of rotatable bonds is 7. The molecule has 4 heteroatoms. The SMILES string of the molecule is COCCCCNc1ccc(OC)nc1. The van der Waals surface area contributed by atoms with E-state index in [4.69, 9.17) is 9.47 Å². The van der Waals surface area contributed by atoms with Crippen LogP contribution in [-0.2, 0) is 4.74 Å². The summed E-state index contributed by atoms with van der Waals surface area (Å²) in [5.41, 5.74) is 1.02. The van der Waals surface area contributed by atoms with Crippen LogP contribution in [0.5, 0.6) is 5.88 Å². The molecule has 0 atom stereocenters. The van der Waals surface area contributed by atoms with Gasteiger partial charge >= 0.3 is 0 Å². The Balaban J connectivity index is 2.20. The maximum atomic E-state index is 4.97. The summed E-state index contributed by atoms with van der Waals surface area (Å²) in [7, 11) is 3.33. The fourth-order valence-corrected chi connectivity index (χ4v) is 1.21. The van der Waals surface area contributed by atoms with Gasteiger partial charge < -0.3 is 14.8 Å². The van der Waals surface area contributed by atoms with Crippen molar-refractivity contribution in [1.29, 1.82) is 0 Å². The van der Waals surface area contributed by atoms with Crippen molar-refractivity contribution in [3.63, 3.8) is 0 Å². The molecule has 0 radical (unpaired) electrons. The molecule has 1 aromatic rings. The largest absolute Gasteiger partial charge is 0.481 e. The highest BCUT2D eigenvalue weighted by molar-refractivity contribution is 5.41. The molecule has 0 spiro atoms. The summed E-state index contributed by atoms with van der Waals surface area (Å²) >= 11 is 0. The van der Waals surface area contributed by atoms with E-state index >= 15 is 0 Å². The van der Waals surface area contributed by atoms with E-state index in [2.05, 4.69) is 10.3 Å². The van der Waals surface area contributed by atoms with Crippen molar-refractivity contribution < 1.29 is 9.47 Å². The third kappa shape index (κ3) is 4.65. The minimum absolute atomic E-state index is 0.639. The zero-order chi connectivity index (χ0) is 10.9. The van der Waals surface area contributed by atoms with Crippen LogP contribution in [-0.4, -0.2) is 32.4 Å². The standard InChI is InChI=1S/C11H18N2O2/c1-14-8-4-3-7-12-10-5-6-11(15-2)13-9-10/h5-6,9,12H,3-4,7-8H2,1-2H3. The Morgan fingerprint density at radius 1 is 1.27 bits per heavy atom. The Labute approximate surface area is 90.6 Å². The van der Waals surface area contributed by atoms with E-state index in [9.17, 15) is 0 Å². The first-order valence-electron chi connectivity index (χ1n) is 5.09. The lowest BCUT2D eigenvalue weighted by molar-refractivity contribution is 0.194. The summed E-state index contributed by atoms with van der Waals surface area (Å²) in [4.78, 5) is 4.10. The van der Waals surface area contributed by atoms with Gasteiger partial charge in [-0.1, -0.05) is 0 Å². The van der Waals surface area contributed by atoms with Crippen molar-refractivity contribution in [2.45, 2.75) is 12.8 Å². The van der Waals surface area contributed by atoms with Crippen molar-refractivity contribution in [2.75, 3.05) is 32.7 Å². The molecule has 0 aliphatic rings. The summed E-state index contributed by atoms with van der Waals surface area (Å²) in [5.74, 6) is 0.639. The number of aromatic nitrogens is 1. The molecule has 15 heavy (non-hydrogen) atoms. The van der Waals surface area contributed by atoms with Crippen LogP contribution in [0.15, 0.2) is 18.3 Å². The van der Waals surface area contributed by atoms with Crippen molar-refractivity contribution in [3.8, 4) is 5.88 Å². The molecule has 0 unspecified atom stereocenters. The van der Waals surface area contributed by atoms with Crippen LogP contribution in [0.25, 0.3) is 0 Å². The molecule has 1 heterocycles. The maximum Gasteiger partial charge on any atom is 0.213 e. The van der Waals surface area contributed by atoms with E-state index in [1.165, 1.54) is 0 Å². The van der Waals surface area contributed by atoms with Crippen LogP contribution < -0.4 is 10.1 Å². The van der Waals surface area contributed by atoms with E-state index in [0.717, 1.165) is 31.7 Å². The minimum atomic E-state index is 0.639. The Kier molecular flexibility index (Phi) is 5.55. The second-order valence-electron chi connectivity index (χ2n) is 3.22. The average Bonchev–Trinajstić information content (AvgIpc) is 2.30. The van der Waals surface area contributed by atoms with Gasteiger partial charge in [-0.15, -0.1) is 0 Å². The first-order valence-corrected chi connectivity index (χ1v) is 5.09. The lowest BCUT2D eigenvalue weighted by Crippen LogP contribution is -2.03. The lowest BCUT2D eigenvalue weighted by Gasteiger charge is -2.06. The van der Waals surface area contributed by atoms with Crippen molar-refractivity contribution in [1.82, 2.24) is 4.98 Å². The van der Waals surface area contributed by atoms with Crippen LogP contribution in [0.4, 0.5) is 5.69 Å². The normalized spacial score (nSPS) is 10.0. The molecule has 1 aromatic heterocycles. The van der Waals surface area contributed by atoms with Crippen molar-refractivity contribution >= 4 is 5.69 Å². The third-order valence-corrected chi connectivity index (χ3v) is 2.05. The predicted molar refractivity (Wildman–Crippen MR) is 60.4 cm³/mol. The van der Waals surface area contributed by atoms with E-state index in [0.29, 0.717) is 5.88 Å². The summed E-state index contributed by atoms with van der Waals surface area (Å²) in [6.45, 7) is 1.76. The molecule has 0 aromatic carbocycles. The first-order chi connectivity index (χ1) is 7.36. The van der Waals surface area contributed by atoms with Gasteiger partial charge in [0, 0.05) is 26.3 Å². The molecule has 1 rings (SSSR count). The number of nitrogens with zero attached hydrogens (tertiary/aromatic N) is 1. The zero-order valence-corrected chi connectivity index (χ0v) is 9.32. The maximum absolute atomic E-state index is 4.97. The minimum Gasteiger partial charge on any atom is -0.481 e. The number of hydrogen-bond donors (Lipinski definition) is 1. The number of unbranched alkanes of at least 4 members (excludes halogenated alkanes) is 1. The van der Waals surface area contributed by atoms with E-state index in [1.807, 2.05) is 12.1 Å². The third-order valence-electron chi connectivity index (χ3n) is 2.05. The van der Waals surface area contributed by atoms with Gasteiger partial charge in [-0.25, -0.2) is 4.98 Å².